The summed E-state index contributed by atoms with van der Waals surface area (Å²) in [6, 6.07) is 26.5. The molecule has 0 heterocycles. The molecule has 0 aromatic rings. The number of rotatable bonds is 27. The van der Waals surface area contributed by atoms with Crippen LogP contribution in [0.2, 0.25) is 109 Å². The van der Waals surface area contributed by atoms with E-state index in [0.717, 1.165) is 17.8 Å². The van der Waals surface area contributed by atoms with Crippen LogP contribution in [-0.4, -0.2) is 48.4 Å². The zero-order valence-electron chi connectivity index (χ0n) is 43.4. The Kier molecular flexibility index (Phi) is 35.5. The van der Waals surface area contributed by atoms with Crippen LogP contribution >= 0.6 is 0 Å². The van der Waals surface area contributed by atoms with Crippen LogP contribution in [0.4, 0.5) is 0 Å². The van der Waals surface area contributed by atoms with E-state index in [1.807, 2.05) is 0 Å². The van der Waals surface area contributed by atoms with Gasteiger partial charge in [0.15, 0.2) is 0 Å². The molecule has 0 aliphatic heterocycles. The van der Waals surface area contributed by atoms with E-state index in [0.29, 0.717) is 0 Å². The van der Waals surface area contributed by atoms with Crippen LogP contribution in [0.3, 0.4) is 0 Å². The summed E-state index contributed by atoms with van der Waals surface area (Å²) >= 11 is 0. The van der Waals surface area contributed by atoms with Crippen molar-refractivity contribution in [2.45, 2.75) is 275 Å². The minimum atomic E-state index is -1.13. The Hall–Kier alpha value is 1.83. The molecule has 0 N–H and O–H groups in total. The third kappa shape index (κ3) is 15.0. The van der Waals surface area contributed by atoms with Crippen molar-refractivity contribution in [2.75, 3.05) is 0 Å². The second-order valence-electron chi connectivity index (χ2n) is 18.8. The van der Waals surface area contributed by atoms with Gasteiger partial charge < -0.3 is 15.5 Å². The van der Waals surface area contributed by atoms with E-state index in [2.05, 4.69) is 182 Å². The van der Waals surface area contributed by atoms with Gasteiger partial charge in [-0.1, -0.05) is 323 Å². The summed E-state index contributed by atoms with van der Waals surface area (Å²) in [5.74, 6) is 2.51. The third-order valence-corrected chi connectivity index (χ3v) is 61.6. The zero-order chi connectivity index (χ0) is 43.2. The van der Waals surface area contributed by atoms with E-state index < -0.39 is 48.4 Å². The molecule has 333 valence electrons. The van der Waals surface area contributed by atoms with Crippen molar-refractivity contribution in [3.63, 3.8) is 0 Å². The average molecular weight is 909 g/mol. The zero-order valence-corrected chi connectivity index (χ0v) is 50.6. The fourth-order valence-corrected chi connectivity index (χ4v) is 59.5. The Balaban J connectivity index is -0.000000351. The van der Waals surface area contributed by atoms with Gasteiger partial charge in [0.1, 0.15) is 0 Å². The molecular formula is C48H111CrSi6. The van der Waals surface area contributed by atoms with Crippen molar-refractivity contribution in [3.8, 4) is 0 Å². The van der Waals surface area contributed by atoms with Gasteiger partial charge >= 0.3 is 17.4 Å². The molecule has 1 radical (unpaired) electrons. The van der Waals surface area contributed by atoms with Crippen molar-refractivity contribution in [2.24, 2.45) is 17.8 Å². The largest absolute Gasteiger partial charge is 3.00 e. The summed E-state index contributed by atoms with van der Waals surface area (Å²) in [5.41, 5.74) is 0. The van der Waals surface area contributed by atoms with Crippen molar-refractivity contribution >= 4 is 48.4 Å². The Morgan fingerprint density at radius 3 is 0.327 bits per heavy atom. The van der Waals surface area contributed by atoms with Crippen LogP contribution in [0.1, 0.15) is 166 Å². The summed E-state index contributed by atoms with van der Waals surface area (Å²) in [7, 11) is -6.78. The smallest absolute Gasteiger partial charge is 0.308 e. The summed E-state index contributed by atoms with van der Waals surface area (Å²) in [6.07, 6.45) is 0. The van der Waals surface area contributed by atoms with Crippen LogP contribution < -0.4 is 0 Å². The monoisotopic (exact) mass is 908 g/mol. The van der Waals surface area contributed by atoms with Gasteiger partial charge in [0.25, 0.3) is 0 Å². The normalized spacial score (nSPS) is 13.4. The molecule has 7 heteroatoms. The third-order valence-electron chi connectivity index (χ3n) is 17.3. The van der Waals surface area contributed by atoms with Crippen LogP contribution in [0.5, 0.6) is 0 Å². The standard InChI is InChI=1S/3C16H37Si2.Cr/c3*1-9-17(10-2,11-3)16(15(7)8)18(12-4,13-5)14-6;/h3*15H,9-14H2,1-8H3;/q3*-1;+3. The molecule has 0 amide bonds. The SMILES string of the molecule is CC[Si](CC)(CC)[C-](C(C)C)[Si](CC)(CC)CC.CC[Si](CC)(CC)[C-](C(C)C)[Si](CC)(CC)CC.CC[Si](CC)(CC)[C-](C(C)C)[Si](CC)(CC)CC.[Cr+3]. The predicted molar refractivity (Wildman–Crippen MR) is 277 cm³/mol. The first kappa shape index (κ1) is 63.5. The second kappa shape index (κ2) is 30.8. The van der Waals surface area contributed by atoms with Crippen LogP contribution in [0, 0.1) is 33.2 Å². The molecule has 0 fully saturated rings. The van der Waals surface area contributed by atoms with Crippen molar-refractivity contribution in [1.82, 2.24) is 0 Å². The Morgan fingerprint density at radius 1 is 0.218 bits per heavy atom. The van der Waals surface area contributed by atoms with Crippen LogP contribution in [0.15, 0.2) is 0 Å². The number of hydrogen-bond acceptors (Lipinski definition) is 0. The Morgan fingerprint density at radius 2 is 0.291 bits per heavy atom. The predicted octanol–water partition coefficient (Wildman–Crippen LogP) is 18.9. The molecular weight excluding hydrogens is 797 g/mol. The van der Waals surface area contributed by atoms with Crippen LogP contribution in [-0.2, 0) is 17.4 Å². The molecule has 0 nitrogen and oxygen atoms in total. The maximum Gasteiger partial charge on any atom is 3.00 e. The molecule has 0 rings (SSSR count). The van der Waals surface area contributed by atoms with Crippen LogP contribution in [0.25, 0.3) is 0 Å². The molecule has 0 aromatic heterocycles. The van der Waals surface area contributed by atoms with Crippen molar-refractivity contribution in [3.05, 3.63) is 15.5 Å². The average Bonchev–Trinajstić information content (AvgIpc) is 3.20. The van der Waals surface area contributed by atoms with E-state index >= 15 is 0 Å². The minimum Gasteiger partial charge on any atom is -0.308 e. The maximum atomic E-state index is 2.49. The van der Waals surface area contributed by atoms with Gasteiger partial charge in [0.05, 0.1) is 0 Å². The molecule has 0 saturated carbocycles. The fourth-order valence-electron chi connectivity index (χ4n) is 13.3. The minimum absolute atomic E-state index is 0. The summed E-state index contributed by atoms with van der Waals surface area (Å²) in [5, 5.41) is 6.44. The fraction of sp³-hybridized carbons (Fsp3) is 0.938. The second-order valence-corrected chi connectivity index (χ2v) is 51.6. The molecule has 0 saturated heterocycles. The molecule has 0 aliphatic carbocycles. The quantitative estimate of drug-likeness (QED) is 0.0569. The van der Waals surface area contributed by atoms with E-state index in [1.165, 1.54) is 109 Å². The molecule has 0 atom stereocenters. The molecule has 0 spiro atoms. The van der Waals surface area contributed by atoms with E-state index in [1.54, 1.807) is 0 Å². The van der Waals surface area contributed by atoms with Gasteiger partial charge in [0.2, 0.25) is 0 Å². The van der Waals surface area contributed by atoms with Crippen molar-refractivity contribution in [1.29, 1.82) is 0 Å². The molecule has 0 unspecified atom stereocenters. The topological polar surface area (TPSA) is 0 Å². The van der Waals surface area contributed by atoms with Gasteiger partial charge in [-0.3, -0.25) is 0 Å². The molecule has 0 aromatic carbocycles. The van der Waals surface area contributed by atoms with Gasteiger partial charge in [-0.2, -0.15) is 17.8 Å². The van der Waals surface area contributed by atoms with Gasteiger partial charge in [-0.15, -0.1) is 0 Å². The summed E-state index contributed by atoms with van der Waals surface area (Å²) < 4.78 is 0. The molecule has 0 bridgehead atoms. The summed E-state index contributed by atoms with van der Waals surface area (Å²) in [6.45, 7) is 59.5. The summed E-state index contributed by atoms with van der Waals surface area (Å²) in [4.78, 5) is 0. The van der Waals surface area contributed by atoms with Gasteiger partial charge in [-0.05, 0) is 0 Å². The van der Waals surface area contributed by atoms with E-state index in [-0.39, 0.29) is 17.4 Å². The molecule has 0 aliphatic rings. The first-order valence-corrected chi connectivity index (χ1v) is 40.6. The maximum absolute atomic E-state index is 2.49. The Bertz CT molecular complexity index is 657. The van der Waals surface area contributed by atoms with Gasteiger partial charge in [-0.25, -0.2) is 0 Å². The molecule has 55 heavy (non-hydrogen) atoms. The van der Waals surface area contributed by atoms with E-state index in [9.17, 15) is 0 Å². The Labute approximate surface area is 371 Å². The number of hydrogen-bond donors (Lipinski definition) is 0. The first-order valence-electron chi connectivity index (χ1n) is 24.9. The van der Waals surface area contributed by atoms with E-state index in [4.69, 9.17) is 0 Å². The van der Waals surface area contributed by atoms with Crippen molar-refractivity contribution < 1.29 is 17.4 Å². The van der Waals surface area contributed by atoms with Gasteiger partial charge in [0, 0.05) is 0 Å². The first-order chi connectivity index (χ1) is 25.3.